The highest BCUT2D eigenvalue weighted by Gasteiger charge is 2.21. The van der Waals surface area contributed by atoms with Crippen LogP contribution in [-0.4, -0.2) is 66.6 Å². The summed E-state index contributed by atoms with van der Waals surface area (Å²) in [5.74, 6) is 0.298. The third-order valence-corrected chi connectivity index (χ3v) is 4.35. The number of unbranched alkanes of at least 4 members (excludes halogenated alkanes) is 1. The second-order valence-corrected chi connectivity index (χ2v) is 6.52. The number of β-amino-alcohol motifs (C(OH)–C–C–N with tert-alkyl or cyclic N) is 1. The number of nitrogens with one attached hydrogen (secondary N) is 1. The molecule has 1 saturated heterocycles. The zero-order valence-corrected chi connectivity index (χ0v) is 13.2. The molecule has 0 aliphatic carbocycles. The minimum absolute atomic E-state index is 0.156. The highest BCUT2D eigenvalue weighted by molar-refractivity contribution is 5.82. The second kappa shape index (κ2) is 8.60. The normalized spacial score (nSPS) is 18.9. The number of aliphatic hydroxyl groups is 1. The van der Waals surface area contributed by atoms with Crippen molar-refractivity contribution < 1.29 is 5.11 Å². The number of hydrogen-bond acceptors (Lipinski definition) is 4. The van der Waals surface area contributed by atoms with Gasteiger partial charge in [-0.1, -0.05) is 20.3 Å². The fourth-order valence-electron chi connectivity index (χ4n) is 2.65. The Balaban J connectivity index is 2.18. The third kappa shape index (κ3) is 6.20. The van der Waals surface area contributed by atoms with Gasteiger partial charge in [-0.3, -0.25) is 10.3 Å². The summed E-state index contributed by atoms with van der Waals surface area (Å²) in [5.41, 5.74) is 5.45. The van der Waals surface area contributed by atoms with E-state index in [1.165, 1.54) is 12.8 Å². The lowest BCUT2D eigenvalue weighted by molar-refractivity contribution is 0.196. The van der Waals surface area contributed by atoms with Crippen molar-refractivity contribution in [3.05, 3.63) is 0 Å². The number of amidine groups is 1. The first-order valence-corrected chi connectivity index (χ1v) is 7.86. The molecule has 20 heavy (non-hydrogen) atoms. The first-order valence-electron chi connectivity index (χ1n) is 7.86. The highest BCUT2D eigenvalue weighted by Crippen LogP contribution is 2.22. The Morgan fingerprint density at radius 2 is 1.70 bits per heavy atom. The van der Waals surface area contributed by atoms with Gasteiger partial charge in [0.25, 0.3) is 0 Å². The number of aliphatic hydroxyl groups excluding tert-OH is 1. The Morgan fingerprint density at radius 1 is 1.10 bits per heavy atom. The van der Waals surface area contributed by atoms with Gasteiger partial charge in [-0.05, 0) is 38.9 Å². The molecule has 4 N–H and O–H groups in total. The lowest BCUT2D eigenvalue weighted by Gasteiger charge is -2.24. The van der Waals surface area contributed by atoms with Gasteiger partial charge in [-0.25, -0.2) is 0 Å². The zero-order chi connectivity index (χ0) is 15.0. The molecule has 1 fully saturated rings. The van der Waals surface area contributed by atoms with E-state index in [9.17, 15) is 0 Å². The van der Waals surface area contributed by atoms with E-state index in [0.717, 1.165) is 52.1 Å². The van der Waals surface area contributed by atoms with Crippen LogP contribution >= 0.6 is 0 Å². The van der Waals surface area contributed by atoms with Crippen LogP contribution in [0.1, 0.15) is 39.5 Å². The van der Waals surface area contributed by atoms with Crippen LogP contribution in [-0.2, 0) is 0 Å². The van der Waals surface area contributed by atoms with Gasteiger partial charge in [0.1, 0.15) is 0 Å². The zero-order valence-electron chi connectivity index (χ0n) is 13.2. The molecule has 0 bridgehead atoms. The van der Waals surface area contributed by atoms with Gasteiger partial charge < -0.3 is 15.7 Å². The summed E-state index contributed by atoms with van der Waals surface area (Å²) < 4.78 is 0. The molecular weight excluding hydrogens is 252 g/mol. The topological polar surface area (TPSA) is 76.6 Å². The van der Waals surface area contributed by atoms with Gasteiger partial charge in [0, 0.05) is 25.0 Å². The Labute approximate surface area is 123 Å². The average Bonchev–Trinajstić information content (AvgIpc) is 2.61. The summed E-state index contributed by atoms with van der Waals surface area (Å²) in [6.07, 6.45) is 4.49. The fourth-order valence-corrected chi connectivity index (χ4v) is 2.65. The van der Waals surface area contributed by atoms with Crippen LogP contribution in [0.3, 0.4) is 0 Å². The van der Waals surface area contributed by atoms with Gasteiger partial charge in [-0.2, -0.15) is 0 Å². The Kier molecular flexibility index (Phi) is 7.48. The maximum Gasteiger partial charge on any atom is 0.0963 e. The van der Waals surface area contributed by atoms with Gasteiger partial charge >= 0.3 is 0 Å². The Bertz CT molecular complexity index is 294. The van der Waals surface area contributed by atoms with E-state index in [1.54, 1.807) is 0 Å². The van der Waals surface area contributed by atoms with Gasteiger partial charge in [0.15, 0.2) is 0 Å². The number of hydrogen-bond donors (Lipinski definition) is 3. The molecule has 0 aromatic heterocycles. The summed E-state index contributed by atoms with van der Waals surface area (Å²) >= 11 is 0. The predicted octanol–water partition coefficient (Wildman–Crippen LogP) is 1.12. The molecule has 0 radical (unpaired) electrons. The Morgan fingerprint density at radius 3 is 2.25 bits per heavy atom. The van der Waals surface area contributed by atoms with Crippen molar-refractivity contribution in [3.8, 4) is 0 Å². The highest BCUT2D eigenvalue weighted by atomic mass is 16.3. The molecule has 1 heterocycles. The number of nitrogens with zero attached hydrogens (tertiary/aromatic N) is 2. The molecule has 1 aliphatic heterocycles. The molecule has 0 aromatic carbocycles. The van der Waals surface area contributed by atoms with Crippen molar-refractivity contribution in [1.29, 1.82) is 5.41 Å². The van der Waals surface area contributed by atoms with Crippen LogP contribution < -0.4 is 5.73 Å². The smallest absolute Gasteiger partial charge is 0.0963 e. The maximum atomic E-state index is 8.99. The first-order chi connectivity index (χ1) is 9.45. The molecule has 1 rings (SSSR count). The quantitative estimate of drug-likeness (QED) is 0.355. The van der Waals surface area contributed by atoms with E-state index in [1.807, 2.05) is 13.8 Å². The van der Waals surface area contributed by atoms with Crippen LogP contribution in [0.25, 0.3) is 0 Å². The molecule has 0 aromatic rings. The van der Waals surface area contributed by atoms with Crippen LogP contribution in [0.15, 0.2) is 0 Å². The molecule has 0 spiro atoms. The third-order valence-electron chi connectivity index (χ3n) is 4.35. The number of rotatable bonds is 8. The van der Waals surface area contributed by atoms with Crippen molar-refractivity contribution >= 4 is 5.84 Å². The predicted molar refractivity (Wildman–Crippen MR) is 84.1 cm³/mol. The van der Waals surface area contributed by atoms with Crippen LogP contribution in [0, 0.1) is 10.8 Å². The van der Waals surface area contributed by atoms with E-state index in [-0.39, 0.29) is 12.0 Å². The van der Waals surface area contributed by atoms with Crippen LogP contribution in [0.2, 0.25) is 0 Å². The Hall–Kier alpha value is -0.650. The van der Waals surface area contributed by atoms with Crippen molar-refractivity contribution in [2.24, 2.45) is 11.1 Å². The van der Waals surface area contributed by atoms with Gasteiger partial charge in [-0.15, -0.1) is 0 Å². The summed E-state index contributed by atoms with van der Waals surface area (Å²) in [7, 11) is 0. The second-order valence-electron chi connectivity index (χ2n) is 6.52. The summed E-state index contributed by atoms with van der Waals surface area (Å²) in [6.45, 7) is 10.8. The van der Waals surface area contributed by atoms with E-state index in [4.69, 9.17) is 16.2 Å². The van der Waals surface area contributed by atoms with Gasteiger partial charge in [0.2, 0.25) is 0 Å². The summed E-state index contributed by atoms with van der Waals surface area (Å²) in [6, 6.07) is 0. The minimum atomic E-state index is -0.156. The summed E-state index contributed by atoms with van der Waals surface area (Å²) in [5, 5.41) is 16.5. The van der Waals surface area contributed by atoms with Crippen LogP contribution in [0.4, 0.5) is 0 Å². The molecule has 5 nitrogen and oxygen atoms in total. The molecule has 0 unspecified atom stereocenters. The van der Waals surface area contributed by atoms with Crippen LogP contribution in [0.5, 0.6) is 0 Å². The average molecular weight is 284 g/mol. The van der Waals surface area contributed by atoms with E-state index in [2.05, 4.69) is 9.80 Å². The van der Waals surface area contributed by atoms with Gasteiger partial charge in [0.05, 0.1) is 12.4 Å². The van der Waals surface area contributed by atoms with Crippen molar-refractivity contribution in [1.82, 2.24) is 9.80 Å². The lowest BCUT2D eigenvalue weighted by atomic mass is 9.86. The van der Waals surface area contributed by atoms with E-state index >= 15 is 0 Å². The molecular formula is C15H32N4O. The standard InChI is InChI=1S/C15H32N4O/c1-15(2,14(16)17)6-3-4-7-18-8-5-9-19(11-10-18)12-13-20/h20H,3-13H2,1-2H3,(H3,16,17). The van der Waals surface area contributed by atoms with Crippen molar-refractivity contribution in [2.45, 2.75) is 39.5 Å². The molecule has 118 valence electrons. The molecule has 1 aliphatic rings. The van der Waals surface area contributed by atoms with Crippen molar-refractivity contribution in [3.63, 3.8) is 0 Å². The first kappa shape index (κ1) is 17.4. The minimum Gasteiger partial charge on any atom is -0.395 e. The number of nitrogens with two attached hydrogens (primary N) is 1. The van der Waals surface area contributed by atoms with E-state index in [0.29, 0.717) is 5.84 Å². The maximum absolute atomic E-state index is 8.99. The molecule has 0 amide bonds. The molecule has 5 heteroatoms. The molecule has 0 atom stereocenters. The largest absolute Gasteiger partial charge is 0.395 e. The molecule has 0 saturated carbocycles. The van der Waals surface area contributed by atoms with Crippen molar-refractivity contribution in [2.75, 3.05) is 45.9 Å². The fraction of sp³-hybridized carbons (Fsp3) is 0.933. The lowest BCUT2D eigenvalue weighted by Crippen LogP contribution is -2.33. The van der Waals surface area contributed by atoms with E-state index < -0.39 is 0 Å². The monoisotopic (exact) mass is 284 g/mol. The SMILES string of the molecule is CC(C)(CCCCN1CCCN(CCO)CC1)C(=N)N. The summed E-state index contributed by atoms with van der Waals surface area (Å²) in [4.78, 5) is 4.87.